The Kier molecular flexibility index (Phi) is 3.98. The summed E-state index contributed by atoms with van der Waals surface area (Å²) in [5, 5.41) is 3.44. The van der Waals surface area contributed by atoms with Crippen molar-refractivity contribution < 1.29 is 4.39 Å². The van der Waals surface area contributed by atoms with E-state index in [9.17, 15) is 4.39 Å². The van der Waals surface area contributed by atoms with Crippen LogP contribution in [0.15, 0.2) is 22.7 Å². The highest BCUT2D eigenvalue weighted by atomic mass is 79.9. The van der Waals surface area contributed by atoms with Gasteiger partial charge in [0.15, 0.2) is 0 Å². The van der Waals surface area contributed by atoms with Crippen LogP contribution >= 0.6 is 15.9 Å². The zero-order valence-corrected chi connectivity index (χ0v) is 11.1. The van der Waals surface area contributed by atoms with Gasteiger partial charge in [-0.15, -0.1) is 0 Å². The number of hydrogen-bond donors (Lipinski definition) is 1. The molecule has 2 atom stereocenters. The van der Waals surface area contributed by atoms with Gasteiger partial charge in [-0.05, 0) is 71.4 Å². The lowest BCUT2D eigenvalue weighted by molar-refractivity contribution is 0.614. The van der Waals surface area contributed by atoms with Crippen LogP contribution in [0.2, 0.25) is 0 Å². The smallest absolute Gasteiger partial charge is 0.137 e. The molecule has 88 valence electrons. The minimum Gasteiger partial charge on any atom is -0.316 e. The van der Waals surface area contributed by atoms with E-state index < -0.39 is 0 Å². The molecule has 0 aliphatic heterocycles. The van der Waals surface area contributed by atoms with Crippen LogP contribution in [-0.4, -0.2) is 13.1 Å². The fourth-order valence-electron chi connectivity index (χ4n) is 2.09. The molecule has 0 heterocycles. The van der Waals surface area contributed by atoms with Crippen LogP contribution < -0.4 is 5.32 Å². The summed E-state index contributed by atoms with van der Waals surface area (Å²) in [7, 11) is 0. The molecule has 1 N–H and O–H groups in total. The van der Waals surface area contributed by atoms with Crippen molar-refractivity contribution in [2.75, 3.05) is 13.1 Å². The van der Waals surface area contributed by atoms with Crippen molar-refractivity contribution in [3.8, 4) is 0 Å². The lowest BCUT2D eigenvalue weighted by Gasteiger charge is -2.03. The number of hydrogen-bond acceptors (Lipinski definition) is 1. The highest BCUT2D eigenvalue weighted by molar-refractivity contribution is 9.10. The molecule has 1 aromatic carbocycles. The molecule has 2 rings (SSSR count). The Morgan fingerprint density at radius 1 is 1.50 bits per heavy atom. The summed E-state index contributed by atoms with van der Waals surface area (Å²) < 4.78 is 13.6. The van der Waals surface area contributed by atoms with Gasteiger partial charge in [0, 0.05) is 0 Å². The molecule has 0 amide bonds. The van der Waals surface area contributed by atoms with Gasteiger partial charge >= 0.3 is 0 Å². The number of rotatable bonds is 5. The molecular formula is C13H17BrFN. The third-order valence-corrected chi connectivity index (χ3v) is 3.74. The number of nitrogens with one attached hydrogen (secondary N) is 1. The normalized spacial score (nSPS) is 23.4. The van der Waals surface area contributed by atoms with Gasteiger partial charge in [0.05, 0.1) is 4.47 Å². The average Bonchev–Trinajstić information content (AvgIpc) is 3.02. The molecular weight excluding hydrogens is 269 g/mol. The van der Waals surface area contributed by atoms with Crippen LogP contribution in [0, 0.1) is 11.7 Å². The first kappa shape index (κ1) is 12.1. The second kappa shape index (κ2) is 5.28. The van der Waals surface area contributed by atoms with Gasteiger partial charge in [0.1, 0.15) is 5.82 Å². The molecule has 0 aromatic heterocycles. The Labute approximate surface area is 105 Å². The number of halogens is 2. The van der Waals surface area contributed by atoms with Crippen molar-refractivity contribution in [3.05, 3.63) is 34.1 Å². The highest BCUT2D eigenvalue weighted by Gasteiger charge is 2.37. The maximum Gasteiger partial charge on any atom is 0.137 e. The fraction of sp³-hybridized carbons (Fsp3) is 0.538. The van der Waals surface area contributed by atoms with E-state index in [1.54, 1.807) is 6.07 Å². The Hall–Kier alpha value is -0.410. The summed E-state index contributed by atoms with van der Waals surface area (Å²) in [5.41, 5.74) is 1.26. The van der Waals surface area contributed by atoms with Gasteiger partial charge in [-0.25, -0.2) is 4.39 Å². The zero-order chi connectivity index (χ0) is 11.5. The van der Waals surface area contributed by atoms with Gasteiger partial charge in [0.2, 0.25) is 0 Å². The SMILES string of the molecule is CCCNCC1CC1c1ccc(F)c(Br)c1. The lowest BCUT2D eigenvalue weighted by atomic mass is 10.1. The first-order chi connectivity index (χ1) is 7.72. The standard InChI is InChI=1S/C13H17BrFN/c1-2-5-16-8-10-6-11(10)9-3-4-13(15)12(14)7-9/h3-4,7,10-11,16H,2,5-6,8H2,1H3. The van der Waals surface area contributed by atoms with E-state index in [-0.39, 0.29) is 5.82 Å². The molecule has 16 heavy (non-hydrogen) atoms. The summed E-state index contributed by atoms with van der Waals surface area (Å²) in [4.78, 5) is 0. The largest absolute Gasteiger partial charge is 0.316 e. The molecule has 1 fully saturated rings. The molecule has 1 nitrogen and oxygen atoms in total. The molecule has 0 saturated heterocycles. The van der Waals surface area contributed by atoms with Crippen LogP contribution in [-0.2, 0) is 0 Å². The molecule has 1 aliphatic carbocycles. The van der Waals surface area contributed by atoms with E-state index in [2.05, 4.69) is 28.2 Å². The molecule has 0 bridgehead atoms. The second-order valence-corrected chi connectivity index (χ2v) is 5.33. The molecule has 0 radical (unpaired) electrons. The minimum absolute atomic E-state index is 0.176. The van der Waals surface area contributed by atoms with Gasteiger partial charge in [0.25, 0.3) is 0 Å². The predicted molar refractivity (Wildman–Crippen MR) is 68.1 cm³/mol. The summed E-state index contributed by atoms with van der Waals surface area (Å²) in [6, 6.07) is 5.37. The maximum atomic E-state index is 13.1. The topological polar surface area (TPSA) is 12.0 Å². The summed E-state index contributed by atoms with van der Waals surface area (Å²) >= 11 is 3.24. The first-order valence-electron chi connectivity index (χ1n) is 5.88. The molecule has 3 heteroatoms. The quantitative estimate of drug-likeness (QED) is 0.814. The molecule has 2 unspecified atom stereocenters. The van der Waals surface area contributed by atoms with Gasteiger partial charge in [-0.1, -0.05) is 13.0 Å². The van der Waals surface area contributed by atoms with Crippen molar-refractivity contribution in [2.24, 2.45) is 5.92 Å². The second-order valence-electron chi connectivity index (χ2n) is 4.48. The minimum atomic E-state index is -0.176. The Bertz CT molecular complexity index is 367. The van der Waals surface area contributed by atoms with E-state index in [4.69, 9.17) is 0 Å². The molecule has 1 aromatic rings. The van der Waals surface area contributed by atoms with Crippen LogP contribution in [0.25, 0.3) is 0 Å². The number of benzene rings is 1. The fourth-order valence-corrected chi connectivity index (χ4v) is 2.49. The average molecular weight is 286 g/mol. The van der Waals surface area contributed by atoms with Crippen LogP contribution in [0.1, 0.15) is 31.2 Å². The van der Waals surface area contributed by atoms with Gasteiger partial charge < -0.3 is 5.32 Å². The Morgan fingerprint density at radius 3 is 3.00 bits per heavy atom. The third kappa shape index (κ3) is 2.83. The molecule has 0 spiro atoms. The van der Waals surface area contributed by atoms with E-state index in [1.165, 1.54) is 18.4 Å². The summed E-state index contributed by atoms with van der Waals surface area (Å²) in [6.45, 7) is 4.36. The van der Waals surface area contributed by atoms with Crippen LogP contribution in [0.3, 0.4) is 0 Å². The van der Waals surface area contributed by atoms with Gasteiger partial charge in [-0.2, -0.15) is 0 Å². The van der Waals surface area contributed by atoms with Crippen molar-refractivity contribution in [1.29, 1.82) is 0 Å². The predicted octanol–water partition coefficient (Wildman–Crippen LogP) is 3.69. The van der Waals surface area contributed by atoms with Crippen molar-refractivity contribution >= 4 is 15.9 Å². The molecule has 1 aliphatic rings. The van der Waals surface area contributed by atoms with E-state index in [1.807, 2.05) is 12.1 Å². The van der Waals surface area contributed by atoms with E-state index in [0.29, 0.717) is 10.4 Å². The first-order valence-corrected chi connectivity index (χ1v) is 6.67. The van der Waals surface area contributed by atoms with Crippen LogP contribution in [0.5, 0.6) is 0 Å². The Morgan fingerprint density at radius 2 is 2.31 bits per heavy atom. The summed E-state index contributed by atoms with van der Waals surface area (Å²) in [6.07, 6.45) is 2.41. The zero-order valence-electron chi connectivity index (χ0n) is 9.47. The van der Waals surface area contributed by atoms with E-state index >= 15 is 0 Å². The summed E-state index contributed by atoms with van der Waals surface area (Å²) in [5.74, 6) is 1.19. The third-order valence-electron chi connectivity index (χ3n) is 3.13. The maximum absolute atomic E-state index is 13.1. The Balaban J connectivity index is 1.88. The van der Waals surface area contributed by atoms with Crippen molar-refractivity contribution in [3.63, 3.8) is 0 Å². The van der Waals surface area contributed by atoms with Crippen molar-refractivity contribution in [2.45, 2.75) is 25.7 Å². The lowest BCUT2D eigenvalue weighted by Crippen LogP contribution is -2.17. The molecule has 1 saturated carbocycles. The van der Waals surface area contributed by atoms with Crippen molar-refractivity contribution in [1.82, 2.24) is 5.32 Å². The van der Waals surface area contributed by atoms with Gasteiger partial charge in [-0.3, -0.25) is 0 Å². The highest BCUT2D eigenvalue weighted by Crippen LogP contribution is 2.47. The monoisotopic (exact) mass is 285 g/mol. The van der Waals surface area contributed by atoms with Crippen LogP contribution in [0.4, 0.5) is 4.39 Å². The van der Waals surface area contributed by atoms with E-state index in [0.717, 1.165) is 19.0 Å².